The molecule has 0 radical (unpaired) electrons. The zero-order valence-electron chi connectivity index (χ0n) is 7.74. The van der Waals surface area contributed by atoms with Gasteiger partial charge in [0.25, 0.3) is 0 Å². The molecule has 2 unspecified atom stereocenters. The minimum atomic E-state index is -1.67. The molecular weight excluding hydrogens is 199 g/mol. The Bertz CT molecular complexity index is 394. The topological polar surface area (TPSA) is 58.2 Å². The van der Waals surface area contributed by atoms with Gasteiger partial charge in [0, 0.05) is 0 Å². The van der Waals surface area contributed by atoms with Crippen LogP contribution in [0.1, 0.15) is 11.5 Å². The summed E-state index contributed by atoms with van der Waals surface area (Å²) in [7, 11) is 0. The maximum absolute atomic E-state index is 13.4. The van der Waals surface area contributed by atoms with Crippen molar-refractivity contribution in [1.82, 2.24) is 10.6 Å². The van der Waals surface area contributed by atoms with Gasteiger partial charge in [-0.25, -0.2) is 9.18 Å². The van der Waals surface area contributed by atoms with Crippen LogP contribution in [0.25, 0.3) is 0 Å². The summed E-state index contributed by atoms with van der Waals surface area (Å²) >= 11 is 0. The van der Waals surface area contributed by atoms with Crippen LogP contribution >= 0.6 is 0 Å². The first-order valence-corrected chi connectivity index (χ1v) is 4.49. The molecule has 2 N–H and O–H groups in total. The van der Waals surface area contributed by atoms with Crippen molar-refractivity contribution < 1.29 is 14.0 Å². The van der Waals surface area contributed by atoms with Crippen molar-refractivity contribution in [1.29, 1.82) is 0 Å². The average molecular weight is 208 g/mol. The highest BCUT2D eigenvalue weighted by molar-refractivity contribution is 6.00. The van der Waals surface area contributed by atoms with Gasteiger partial charge in [0.2, 0.25) is 5.91 Å². The SMILES string of the molecule is O=C1NC(=O)C(c2ccccc2)C(F)N1. The highest BCUT2D eigenvalue weighted by Gasteiger charge is 2.36. The summed E-state index contributed by atoms with van der Waals surface area (Å²) < 4.78 is 13.4. The zero-order chi connectivity index (χ0) is 10.8. The summed E-state index contributed by atoms with van der Waals surface area (Å²) in [5, 5.41) is 4.05. The molecule has 3 amide bonds. The number of urea groups is 1. The molecule has 78 valence electrons. The van der Waals surface area contributed by atoms with E-state index in [-0.39, 0.29) is 0 Å². The van der Waals surface area contributed by atoms with Gasteiger partial charge in [-0.3, -0.25) is 10.1 Å². The van der Waals surface area contributed by atoms with Gasteiger partial charge >= 0.3 is 6.03 Å². The molecule has 1 saturated heterocycles. The Balaban J connectivity index is 2.29. The second-order valence-corrected chi connectivity index (χ2v) is 3.25. The van der Waals surface area contributed by atoms with Gasteiger partial charge in [0.1, 0.15) is 5.92 Å². The van der Waals surface area contributed by atoms with Crippen LogP contribution in [0.15, 0.2) is 30.3 Å². The number of nitrogens with one attached hydrogen (secondary N) is 2. The minimum Gasteiger partial charge on any atom is -0.307 e. The standard InChI is InChI=1S/C10H9FN2O2/c11-8-7(6-4-2-1-3-5-6)9(14)13-10(15)12-8/h1-5,7-8H,(H2,12,13,14,15). The highest BCUT2D eigenvalue weighted by Crippen LogP contribution is 2.22. The van der Waals surface area contributed by atoms with E-state index in [1.54, 1.807) is 30.3 Å². The normalized spacial score (nSPS) is 25.7. The molecule has 0 bridgehead atoms. The Morgan fingerprint density at radius 2 is 1.80 bits per heavy atom. The Morgan fingerprint density at radius 3 is 2.40 bits per heavy atom. The molecule has 0 spiro atoms. The van der Waals surface area contributed by atoms with Crippen LogP contribution in [0, 0.1) is 0 Å². The van der Waals surface area contributed by atoms with Crippen LogP contribution in [-0.4, -0.2) is 18.2 Å². The van der Waals surface area contributed by atoms with Gasteiger partial charge in [0.05, 0.1) is 0 Å². The quantitative estimate of drug-likeness (QED) is 0.674. The number of rotatable bonds is 1. The van der Waals surface area contributed by atoms with Gasteiger partial charge in [0.15, 0.2) is 6.30 Å². The Hall–Kier alpha value is -1.91. The van der Waals surface area contributed by atoms with E-state index in [4.69, 9.17) is 0 Å². The smallest absolute Gasteiger partial charge is 0.307 e. The van der Waals surface area contributed by atoms with E-state index < -0.39 is 24.2 Å². The predicted octanol–water partition coefficient (Wildman–Crippen LogP) is 0.905. The number of hydrogen-bond donors (Lipinski definition) is 2. The van der Waals surface area contributed by atoms with E-state index in [1.165, 1.54) is 0 Å². The van der Waals surface area contributed by atoms with Crippen molar-refractivity contribution in [2.24, 2.45) is 0 Å². The largest absolute Gasteiger partial charge is 0.323 e. The van der Waals surface area contributed by atoms with E-state index in [0.29, 0.717) is 5.56 Å². The molecule has 1 aliphatic rings. The fourth-order valence-corrected chi connectivity index (χ4v) is 1.55. The second-order valence-electron chi connectivity index (χ2n) is 3.25. The lowest BCUT2D eigenvalue weighted by Gasteiger charge is -2.26. The monoisotopic (exact) mass is 208 g/mol. The number of amides is 3. The summed E-state index contributed by atoms with van der Waals surface area (Å²) in [5.74, 6) is -1.58. The van der Waals surface area contributed by atoms with E-state index >= 15 is 0 Å². The molecule has 2 atom stereocenters. The third kappa shape index (κ3) is 1.81. The first kappa shape index (κ1) is 9.64. The fourth-order valence-electron chi connectivity index (χ4n) is 1.55. The maximum atomic E-state index is 13.4. The molecule has 2 rings (SSSR count). The lowest BCUT2D eigenvalue weighted by Crippen LogP contribution is -2.55. The number of imide groups is 1. The van der Waals surface area contributed by atoms with Gasteiger partial charge in [-0.1, -0.05) is 30.3 Å². The van der Waals surface area contributed by atoms with Crippen LogP contribution < -0.4 is 10.6 Å². The zero-order valence-corrected chi connectivity index (χ0v) is 7.74. The van der Waals surface area contributed by atoms with Gasteiger partial charge < -0.3 is 5.32 Å². The van der Waals surface area contributed by atoms with Crippen molar-refractivity contribution >= 4 is 11.9 Å². The van der Waals surface area contributed by atoms with Gasteiger partial charge in [-0.05, 0) is 5.56 Å². The molecular formula is C10H9FN2O2. The number of hydrogen-bond acceptors (Lipinski definition) is 2. The van der Waals surface area contributed by atoms with E-state index in [2.05, 4.69) is 0 Å². The van der Waals surface area contributed by atoms with Crippen molar-refractivity contribution in [2.75, 3.05) is 0 Å². The summed E-state index contributed by atoms with van der Waals surface area (Å²) in [6.07, 6.45) is -1.67. The Labute approximate surface area is 85.5 Å². The van der Waals surface area contributed by atoms with E-state index in [1.807, 2.05) is 10.6 Å². The van der Waals surface area contributed by atoms with Crippen LogP contribution in [-0.2, 0) is 4.79 Å². The third-order valence-electron chi connectivity index (χ3n) is 2.24. The number of alkyl halides is 1. The van der Waals surface area contributed by atoms with Crippen LogP contribution in [0.4, 0.5) is 9.18 Å². The number of halogens is 1. The van der Waals surface area contributed by atoms with Gasteiger partial charge in [-0.2, -0.15) is 0 Å². The third-order valence-corrected chi connectivity index (χ3v) is 2.24. The van der Waals surface area contributed by atoms with E-state index in [9.17, 15) is 14.0 Å². The molecule has 15 heavy (non-hydrogen) atoms. The Kier molecular flexibility index (Phi) is 2.37. The first-order valence-electron chi connectivity index (χ1n) is 4.49. The molecule has 1 aromatic carbocycles. The van der Waals surface area contributed by atoms with Gasteiger partial charge in [-0.15, -0.1) is 0 Å². The lowest BCUT2D eigenvalue weighted by molar-refractivity contribution is -0.124. The van der Waals surface area contributed by atoms with Crippen molar-refractivity contribution in [3.63, 3.8) is 0 Å². The molecule has 1 heterocycles. The summed E-state index contributed by atoms with van der Waals surface area (Å²) in [5.41, 5.74) is 0.544. The summed E-state index contributed by atoms with van der Waals surface area (Å²) in [6, 6.07) is 7.70. The molecule has 1 aliphatic heterocycles. The molecule has 1 fully saturated rings. The minimum absolute atomic E-state index is 0.544. The maximum Gasteiger partial charge on any atom is 0.323 e. The molecule has 4 nitrogen and oxygen atoms in total. The van der Waals surface area contributed by atoms with Crippen molar-refractivity contribution in [2.45, 2.75) is 12.2 Å². The van der Waals surface area contributed by atoms with E-state index in [0.717, 1.165) is 0 Å². The fraction of sp³-hybridized carbons (Fsp3) is 0.200. The molecule has 5 heteroatoms. The van der Waals surface area contributed by atoms with Crippen molar-refractivity contribution in [3.8, 4) is 0 Å². The predicted molar refractivity (Wildman–Crippen MR) is 50.8 cm³/mol. The first-order chi connectivity index (χ1) is 7.18. The highest BCUT2D eigenvalue weighted by atomic mass is 19.1. The summed E-state index contributed by atoms with van der Waals surface area (Å²) in [4.78, 5) is 22.2. The number of carbonyl (C=O) groups excluding carboxylic acids is 2. The van der Waals surface area contributed by atoms with Crippen LogP contribution in [0.2, 0.25) is 0 Å². The van der Waals surface area contributed by atoms with Crippen LogP contribution in [0.3, 0.4) is 0 Å². The Morgan fingerprint density at radius 1 is 1.13 bits per heavy atom. The number of benzene rings is 1. The molecule has 0 aromatic heterocycles. The lowest BCUT2D eigenvalue weighted by atomic mass is 9.96. The number of carbonyl (C=O) groups is 2. The molecule has 1 aromatic rings. The van der Waals surface area contributed by atoms with Crippen molar-refractivity contribution in [3.05, 3.63) is 35.9 Å². The summed E-state index contributed by atoms with van der Waals surface area (Å²) in [6.45, 7) is 0. The average Bonchev–Trinajstić information content (AvgIpc) is 2.17. The second kappa shape index (κ2) is 3.68. The molecule has 0 aliphatic carbocycles. The molecule has 0 saturated carbocycles. The van der Waals surface area contributed by atoms with Crippen LogP contribution in [0.5, 0.6) is 0 Å².